The van der Waals surface area contributed by atoms with Gasteiger partial charge in [0.05, 0.1) is 0 Å². The molecule has 0 aromatic heterocycles. The minimum Gasteiger partial charge on any atom is -0.326 e. The largest absolute Gasteiger partial charge is 0.326 e. The molecule has 1 heterocycles. The molecule has 3 nitrogen and oxygen atoms in total. The lowest BCUT2D eigenvalue weighted by Gasteiger charge is -2.22. The van der Waals surface area contributed by atoms with Crippen LogP contribution in [0.1, 0.15) is 36.8 Å². The highest BCUT2D eigenvalue weighted by Crippen LogP contribution is 2.21. The molecule has 0 bridgehead atoms. The highest BCUT2D eigenvalue weighted by molar-refractivity contribution is 5.91. The summed E-state index contributed by atoms with van der Waals surface area (Å²) in [5, 5.41) is 6.49. The van der Waals surface area contributed by atoms with E-state index in [4.69, 9.17) is 0 Å². The van der Waals surface area contributed by atoms with Crippen LogP contribution in [0.5, 0.6) is 0 Å². The first-order chi connectivity index (χ1) is 11.8. The van der Waals surface area contributed by atoms with Gasteiger partial charge >= 0.3 is 0 Å². The molecule has 2 aromatic carbocycles. The maximum atomic E-state index is 12.3. The Bertz CT molecular complexity index is 648. The van der Waals surface area contributed by atoms with E-state index in [0.717, 1.165) is 31.6 Å². The average Bonchev–Trinajstić information content (AvgIpc) is 2.63. The number of benzene rings is 2. The molecule has 1 fully saturated rings. The zero-order valence-corrected chi connectivity index (χ0v) is 14.1. The molecule has 126 valence electrons. The summed E-state index contributed by atoms with van der Waals surface area (Å²) in [6.45, 7) is 2.18. The Morgan fingerprint density at radius 1 is 1.00 bits per heavy atom. The summed E-state index contributed by atoms with van der Waals surface area (Å²) in [6, 6.07) is 18.5. The third-order valence-electron chi connectivity index (χ3n) is 4.77. The first-order valence-electron chi connectivity index (χ1n) is 8.93. The molecule has 1 amide bonds. The van der Waals surface area contributed by atoms with Gasteiger partial charge in [-0.3, -0.25) is 4.79 Å². The number of anilines is 1. The maximum absolute atomic E-state index is 12.3. The molecule has 2 aromatic rings. The number of nitrogens with one attached hydrogen (secondary N) is 2. The van der Waals surface area contributed by atoms with Crippen LogP contribution in [-0.2, 0) is 11.2 Å². The van der Waals surface area contributed by atoms with Crippen LogP contribution < -0.4 is 10.6 Å². The fourth-order valence-electron chi connectivity index (χ4n) is 3.33. The van der Waals surface area contributed by atoms with E-state index in [9.17, 15) is 4.79 Å². The van der Waals surface area contributed by atoms with Crippen molar-refractivity contribution in [2.75, 3.05) is 18.4 Å². The van der Waals surface area contributed by atoms with E-state index in [1.807, 2.05) is 24.3 Å². The van der Waals surface area contributed by atoms with E-state index in [0.29, 0.717) is 12.3 Å². The van der Waals surface area contributed by atoms with E-state index >= 15 is 0 Å². The first-order valence-corrected chi connectivity index (χ1v) is 8.93. The van der Waals surface area contributed by atoms with Crippen LogP contribution in [0.2, 0.25) is 0 Å². The quantitative estimate of drug-likeness (QED) is 0.844. The molecule has 0 unspecified atom stereocenters. The van der Waals surface area contributed by atoms with Gasteiger partial charge in [0.25, 0.3) is 0 Å². The number of rotatable bonds is 6. The molecule has 3 rings (SSSR count). The maximum Gasteiger partial charge on any atom is 0.224 e. The summed E-state index contributed by atoms with van der Waals surface area (Å²) in [4.78, 5) is 12.3. The number of carbonyl (C=O) groups excluding carboxylic acids is 1. The minimum atomic E-state index is 0.133. The zero-order valence-electron chi connectivity index (χ0n) is 14.1. The predicted molar refractivity (Wildman–Crippen MR) is 99.1 cm³/mol. The lowest BCUT2D eigenvalue weighted by molar-refractivity contribution is -0.116. The summed E-state index contributed by atoms with van der Waals surface area (Å²) >= 11 is 0. The summed E-state index contributed by atoms with van der Waals surface area (Å²) in [5.74, 6) is 0.825. The van der Waals surface area contributed by atoms with Crippen molar-refractivity contribution in [1.29, 1.82) is 0 Å². The fraction of sp³-hybridized carbons (Fsp3) is 0.381. The monoisotopic (exact) mass is 322 g/mol. The van der Waals surface area contributed by atoms with Crippen LogP contribution >= 0.6 is 0 Å². The molecule has 0 aliphatic carbocycles. The van der Waals surface area contributed by atoms with Crippen LogP contribution in [0.15, 0.2) is 54.6 Å². The van der Waals surface area contributed by atoms with Crippen molar-refractivity contribution in [3.63, 3.8) is 0 Å². The van der Waals surface area contributed by atoms with Gasteiger partial charge in [-0.1, -0.05) is 48.5 Å². The molecule has 0 atom stereocenters. The third kappa shape index (κ3) is 4.93. The van der Waals surface area contributed by atoms with Crippen LogP contribution in [-0.4, -0.2) is 19.0 Å². The molecule has 1 saturated heterocycles. The van der Waals surface area contributed by atoms with Gasteiger partial charge in [-0.05, 0) is 61.9 Å². The van der Waals surface area contributed by atoms with Crippen molar-refractivity contribution in [1.82, 2.24) is 5.32 Å². The van der Waals surface area contributed by atoms with Crippen LogP contribution in [0.4, 0.5) is 5.69 Å². The van der Waals surface area contributed by atoms with Gasteiger partial charge in [0.1, 0.15) is 0 Å². The van der Waals surface area contributed by atoms with Gasteiger partial charge in [0.2, 0.25) is 5.91 Å². The Labute approximate surface area is 144 Å². The van der Waals surface area contributed by atoms with Gasteiger partial charge < -0.3 is 10.6 Å². The van der Waals surface area contributed by atoms with Gasteiger partial charge in [-0.2, -0.15) is 0 Å². The van der Waals surface area contributed by atoms with E-state index < -0.39 is 0 Å². The number of hydrogen-bond acceptors (Lipinski definition) is 2. The third-order valence-corrected chi connectivity index (χ3v) is 4.77. The predicted octanol–water partition coefficient (Wildman–Crippen LogP) is 4.00. The van der Waals surface area contributed by atoms with Crippen molar-refractivity contribution < 1.29 is 4.79 Å². The Hall–Kier alpha value is -2.13. The zero-order chi connectivity index (χ0) is 16.6. The summed E-state index contributed by atoms with van der Waals surface area (Å²) in [5.41, 5.74) is 3.37. The number of para-hydroxylation sites is 1. The van der Waals surface area contributed by atoms with Gasteiger partial charge in [-0.15, -0.1) is 0 Å². The molecule has 0 saturated carbocycles. The van der Waals surface area contributed by atoms with Crippen molar-refractivity contribution in [3.8, 4) is 0 Å². The first kappa shape index (κ1) is 16.7. The Morgan fingerprint density at radius 2 is 1.71 bits per heavy atom. The smallest absolute Gasteiger partial charge is 0.224 e. The number of hydrogen-bond donors (Lipinski definition) is 2. The van der Waals surface area contributed by atoms with Gasteiger partial charge in [0, 0.05) is 12.1 Å². The summed E-state index contributed by atoms with van der Waals surface area (Å²) < 4.78 is 0. The van der Waals surface area contributed by atoms with Gasteiger partial charge in [0.15, 0.2) is 0 Å². The van der Waals surface area contributed by atoms with E-state index in [-0.39, 0.29) is 5.91 Å². The lowest BCUT2D eigenvalue weighted by Crippen LogP contribution is -2.28. The normalized spacial score (nSPS) is 15.2. The molecule has 0 spiro atoms. The standard InChI is InChI=1S/C21H26N2O/c24-21(11-10-17-12-14-22-15-13-17)23-20-9-5-4-8-19(20)16-18-6-2-1-3-7-18/h1-9,17,22H,10-16H2,(H,23,24). The molecule has 1 aliphatic rings. The number of piperidine rings is 1. The molecule has 3 heteroatoms. The number of carbonyl (C=O) groups is 1. The average molecular weight is 322 g/mol. The Balaban J connectivity index is 1.57. The Kier molecular flexibility index (Phi) is 6.02. The van der Waals surface area contributed by atoms with Crippen molar-refractivity contribution in [2.24, 2.45) is 5.92 Å². The van der Waals surface area contributed by atoms with Gasteiger partial charge in [-0.25, -0.2) is 0 Å². The van der Waals surface area contributed by atoms with E-state index in [2.05, 4.69) is 41.0 Å². The number of amides is 1. The molecule has 1 aliphatic heterocycles. The topological polar surface area (TPSA) is 41.1 Å². The minimum absolute atomic E-state index is 0.133. The van der Waals surface area contributed by atoms with Crippen LogP contribution in [0.25, 0.3) is 0 Å². The Morgan fingerprint density at radius 3 is 2.50 bits per heavy atom. The highest BCUT2D eigenvalue weighted by Gasteiger charge is 2.15. The van der Waals surface area contributed by atoms with Crippen molar-refractivity contribution in [2.45, 2.75) is 32.1 Å². The van der Waals surface area contributed by atoms with Crippen molar-refractivity contribution >= 4 is 11.6 Å². The highest BCUT2D eigenvalue weighted by atomic mass is 16.1. The lowest BCUT2D eigenvalue weighted by atomic mass is 9.93. The summed E-state index contributed by atoms with van der Waals surface area (Å²) in [6.07, 6.45) is 4.83. The van der Waals surface area contributed by atoms with Crippen LogP contribution in [0, 0.1) is 5.92 Å². The summed E-state index contributed by atoms with van der Waals surface area (Å²) in [7, 11) is 0. The second-order valence-corrected chi connectivity index (χ2v) is 6.60. The second-order valence-electron chi connectivity index (χ2n) is 6.60. The van der Waals surface area contributed by atoms with Crippen LogP contribution in [0.3, 0.4) is 0 Å². The molecular formula is C21H26N2O. The SMILES string of the molecule is O=C(CCC1CCNCC1)Nc1ccccc1Cc1ccccc1. The molecule has 0 radical (unpaired) electrons. The fourth-order valence-corrected chi connectivity index (χ4v) is 3.33. The van der Waals surface area contributed by atoms with Crippen molar-refractivity contribution in [3.05, 3.63) is 65.7 Å². The second kappa shape index (κ2) is 8.65. The molecule has 2 N–H and O–H groups in total. The van der Waals surface area contributed by atoms with E-state index in [1.54, 1.807) is 0 Å². The molecular weight excluding hydrogens is 296 g/mol. The van der Waals surface area contributed by atoms with E-state index in [1.165, 1.54) is 24.0 Å². The molecule has 24 heavy (non-hydrogen) atoms.